The van der Waals surface area contributed by atoms with Gasteiger partial charge in [-0.2, -0.15) is 0 Å². The summed E-state index contributed by atoms with van der Waals surface area (Å²) >= 11 is 0. The number of ether oxygens (including phenoxy) is 1. The molecule has 0 aliphatic heterocycles. The Morgan fingerprint density at radius 2 is 2.21 bits per heavy atom. The lowest BCUT2D eigenvalue weighted by molar-refractivity contribution is -0.147. The summed E-state index contributed by atoms with van der Waals surface area (Å²) in [5.41, 5.74) is 1.34. The summed E-state index contributed by atoms with van der Waals surface area (Å²) in [6.45, 7) is 7.97. The maximum Gasteiger partial charge on any atom is 0.303 e. The van der Waals surface area contributed by atoms with Crippen molar-refractivity contribution in [2.24, 2.45) is 11.8 Å². The van der Waals surface area contributed by atoms with Crippen molar-refractivity contribution in [1.29, 1.82) is 0 Å². The van der Waals surface area contributed by atoms with Crippen molar-refractivity contribution in [2.75, 3.05) is 0 Å². The number of hydrogen-bond donors (Lipinski definition) is 0. The SMILES string of the molecule is CC(=O)O[C@@H]1C=C(C)CC[C@@H]1C(C)C. The van der Waals surface area contributed by atoms with Crippen LogP contribution >= 0.6 is 0 Å². The highest BCUT2D eigenvalue weighted by Gasteiger charge is 2.28. The van der Waals surface area contributed by atoms with E-state index in [0.29, 0.717) is 11.8 Å². The summed E-state index contributed by atoms with van der Waals surface area (Å²) in [7, 11) is 0. The van der Waals surface area contributed by atoms with Gasteiger partial charge in [0, 0.05) is 12.8 Å². The second kappa shape index (κ2) is 4.63. The third-order valence-electron chi connectivity index (χ3n) is 2.90. The Hall–Kier alpha value is -0.790. The van der Waals surface area contributed by atoms with Crippen LogP contribution < -0.4 is 0 Å². The molecule has 2 heteroatoms. The van der Waals surface area contributed by atoms with Crippen molar-refractivity contribution < 1.29 is 9.53 Å². The van der Waals surface area contributed by atoms with Crippen LogP contribution in [0.3, 0.4) is 0 Å². The van der Waals surface area contributed by atoms with Gasteiger partial charge >= 0.3 is 5.97 Å². The van der Waals surface area contributed by atoms with Crippen molar-refractivity contribution in [3.63, 3.8) is 0 Å². The molecule has 0 saturated heterocycles. The van der Waals surface area contributed by atoms with Crippen molar-refractivity contribution >= 4 is 5.97 Å². The van der Waals surface area contributed by atoms with Gasteiger partial charge in [0.1, 0.15) is 6.10 Å². The predicted octanol–water partition coefficient (Wildman–Crippen LogP) is 2.93. The van der Waals surface area contributed by atoms with Gasteiger partial charge in [-0.15, -0.1) is 0 Å². The van der Waals surface area contributed by atoms with E-state index in [2.05, 4.69) is 26.8 Å². The van der Waals surface area contributed by atoms with Crippen LogP contribution in [0.25, 0.3) is 0 Å². The Kier molecular flexibility index (Phi) is 3.73. The summed E-state index contributed by atoms with van der Waals surface area (Å²) in [5.74, 6) is 0.887. The number of rotatable bonds is 2. The number of carbonyl (C=O) groups excluding carboxylic acids is 1. The highest BCUT2D eigenvalue weighted by Crippen LogP contribution is 2.31. The molecule has 0 aromatic carbocycles. The number of hydrogen-bond acceptors (Lipinski definition) is 2. The quantitative estimate of drug-likeness (QED) is 0.501. The molecule has 0 aromatic rings. The largest absolute Gasteiger partial charge is 0.458 e. The second-order valence-electron chi connectivity index (χ2n) is 4.53. The van der Waals surface area contributed by atoms with Gasteiger partial charge in [-0.3, -0.25) is 4.79 Å². The molecule has 0 unspecified atom stereocenters. The first-order valence-corrected chi connectivity index (χ1v) is 5.35. The lowest BCUT2D eigenvalue weighted by atomic mass is 9.80. The van der Waals surface area contributed by atoms with Gasteiger partial charge in [0.2, 0.25) is 0 Å². The molecular formula is C12H20O2. The molecule has 2 atom stereocenters. The third kappa shape index (κ3) is 2.86. The molecule has 0 spiro atoms. The molecule has 0 saturated carbocycles. The van der Waals surface area contributed by atoms with Crippen LogP contribution in [0.1, 0.15) is 40.5 Å². The average molecular weight is 196 g/mol. The highest BCUT2D eigenvalue weighted by molar-refractivity contribution is 5.66. The normalized spacial score (nSPS) is 27.4. The lowest BCUT2D eigenvalue weighted by Crippen LogP contribution is -2.30. The van der Waals surface area contributed by atoms with Gasteiger partial charge in [-0.05, 0) is 31.8 Å². The van der Waals surface area contributed by atoms with Gasteiger partial charge in [0.25, 0.3) is 0 Å². The smallest absolute Gasteiger partial charge is 0.303 e. The highest BCUT2D eigenvalue weighted by atomic mass is 16.5. The maximum atomic E-state index is 10.9. The Balaban J connectivity index is 2.72. The Morgan fingerprint density at radius 1 is 1.57 bits per heavy atom. The minimum Gasteiger partial charge on any atom is -0.458 e. The molecule has 1 aliphatic rings. The minimum atomic E-state index is -0.174. The fourth-order valence-electron chi connectivity index (χ4n) is 2.07. The summed E-state index contributed by atoms with van der Waals surface area (Å²) in [6, 6.07) is 0. The summed E-state index contributed by atoms with van der Waals surface area (Å²) in [4.78, 5) is 10.9. The molecule has 0 bridgehead atoms. The average Bonchev–Trinajstić information content (AvgIpc) is 2.01. The van der Waals surface area contributed by atoms with Gasteiger partial charge in [0.05, 0.1) is 0 Å². The van der Waals surface area contributed by atoms with Crippen molar-refractivity contribution in [3.05, 3.63) is 11.6 Å². The van der Waals surface area contributed by atoms with E-state index in [1.807, 2.05) is 0 Å². The molecular weight excluding hydrogens is 176 g/mol. The Morgan fingerprint density at radius 3 is 2.71 bits per heavy atom. The van der Waals surface area contributed by atoms with Gasteiger partial charge < -0.3 is 4.74 Å². The zero-order valence-electron chi connectivity index (χ0n) is 9.54. The zero-order chi connectivity index (χ0) is 10.7. The van der Waals surface area contributed by atoms with Crippen LogP contribution in [0.15, 0.2) is 11.6 Å². The Bertz CT molecular complexity index is 241. The van der Waals surface area contributed by atoms with Gasteiger partial charge in [0.15, 0.2) is 0 Å². The molecule has 0 N–H and O–H groups in total. The van der Waals surface area contributed by atoms with Crippen LogP contribution in [0.5, 0.6) is 0 Å². The molecule has 14 heavy (non-hydrogen) atoms. The Labute approximate surface area is 86.3 Å². The van der Waals surface area contributed by atoms with E-state index in [1.54, 1.807) is 0 Å². The van der Waals surface area contributed by atoms with E-state index < -0.39 is 0 Å². The van der Waals surface area contributed by atoms with E-state index in [0.717, 1.165) is 12.8 Å². The maximum absolute atomic E-state index is 10.9. The molecule has 1 rings (SSSR count). The predicted molar refractivity (Wildman–Crippen MR) is 56.9 cm³/mol. The second-order valence-corrected chi connectivity index (χ2v) is 4.53. The van der Waals surface area contributed by atoms with Crippen molar-refractivity contribution in [2.45, 2.75) is 46.6 Å². The first kappa shape index (κ1) is 11.3. The number of carbonyl (C=O) groups is 1. The monoisotopic (exact) mass is 196 g/mol. The van der Waals surface area contributed by atoms with Gasteiger partial charge in [-0.1, -0.05) is 19.4 Å². The molecule has 80 valence electrons. The van der Waals surface area contributed by atoms with Crippen LogP contribution in [-0.2, 0) is 9.53 Å². The first-order chi connectivity index (χ1) is 6.50. The van der Waals surface area contributed by atoms with Crippen LogP contribution in [0, 0.1) is 11.8 Å². The fraction of sp³-hybridized carbons (Fsp3) is 0.750. The first-order valence-electron chi connectivity index (χ1n) is 5.35. The van der Waals surface area contributed by atoms with E-state index in [4.69, 9.17) is 4.74 Å². The molecule has 0 aromatic heterocycles. The zero-order valence-corrected chi connectivity index (χ0v) is 9.54. The molecule has 2 nitrogen and oxygen atoms in total. The number of esters is 1. The van der Waals surface area contributed by atoms with E-state index in [-0.39, 0.29) is 12.1 Å². The molecule has 0 radical (unpaired) electrons. The van der Waals surface area contributed by atoms with Crippen LogP contribution in [-0.4, -0.2) is 12.1 Å². The van der Waals surface area contributed by atoms with E-state index >= 15 is 0 Å². The summed E-state index contributed by atoms with van der Waals surface area (Å²) in [6.07, 6.45) is 4.38. The fourth-order valence-corrected chi connectivity index (χ4v) is 2.07. The van der Waals surface area contributed by atoms with Crippen LogP contribution in [0.2, 0.25) is 0 Å². The molecule has 0 heterocycles. The van der Waals surface area contributed by atoms with E-state index in [9.17, 15) is 4.79 Å². The minimum absolute atomic E-state index is 0.00116. The molecule has 0 amide bonds. The topological polar surface area (TPSA) is 26.3 Å². The van der Waals surface area contributed by atoms with Crippen molar-refractivity contribution in [3.8, 4) is 0 Å². The molecule has 0 fully saturated rings. The van der Waals surface area contributed by atoms with Gasteiger partial charge in [-0.25, -0.2) is 0 Å². The molecule has 1 aliphatic carbocycles. The van der Waals surface area contributed by atoms with E-state index in [1.165, 1.54) is 12.5 Å². The standard InChI is InChI=1S/C12H20O2/c1-8(2)11-6-5-9(3)7-12(11)14-10(4)13/h7-8,11-12H,5-6H2,1-4H3/t11-,12-/m1/s1. The number of allylic oxidation sites excluding steroid dienone is 1. The summed E-state index contributed by atoms with van der Waals surface area (Å²) in [5, 5.41) is 0. The lowest BCUT2D eigenvalue weighted by Gasteiger charge is -2.31. The van der Waals surface area contributed by atoms with Crippen LogP contribution in [0.4, 0.5) is 0 Å². The third-order valence-corrected chi connectivity index (χ3v) is 2.90. The van der Waals surface area contributed by atoms with Crippen molar-refractivity contribution in [1.82, 2.24) is 0 Å². The summed E-state index contributed by atoms with van der Waals surface area (Å²) < 4.78 is 5.32.